The molecule has 0 spiro atoms. The standard InChI is InChI=1S/C17H15ClN2O4/c1-11-3-2-4-13(5-11)22-9-16(21)20-19-8-12-6-14(18)17-15(7-12)23-10-24-17/h2-8H,9-10H2,1H3,(H,20,21)/b19-8-. The summed E-state index contributed by atoms with van der Waals surface area (Å²) in [5.74, 6) is 1.35. The van der Waals surface area contributed by atoms with Crippen LogP contribution in [0.3, 0.4) is 0 Å². The van der Waals surface area contributed by atoms with Crippen LogP contribution in [0.2, 0.25) is 5.02 Å². The zero-order valence-corrected chi connectivity index (χ0v) is 13.7. The smallest absolute Gasteiger partial charge is 0.277 e. The number of halogens is 1. The Morgan fingerprint density at radius 1 is 1.38 bits per heavy atom. The highest BCUT2D eigenvalue weighted by Gasteiger charge is 2.17. The van der Waals surface area contributed by atoms with Gasteiger partial charge in [0.15, 0.2) is 18.1 Å². The third-order valence-electron chi connectivity index (χ3n) is 3.21. The fraction of sp³-hybridized carbons (Fsp3) is 0.176. The number of carbonyl (C=O) groups excluding carboxylic acids is 1. The molecule has 0 fully saturated rings. The maximum absolute atomic E-state index is 11.7. The average molecular weight is 347 g/mol. The first kappa shape index (κ1) is 16.1. The quantitative estimate of drug-likeness (QED) is 0.667. The second kappa shape index (κ2) is 7.23. The highest BCUT2D eigenvalue weighted by Crippen LogP contribution is 2.39. The van der Waals surface area contributed by atoms with Gasteiger partial charge < -0.3 is 14.2 Å². The van der Waals surface area contributed by atoms with Crippen molar-refractivity contribution in [1.29, 1.82) is 0 Å². The van der Waals surface area contributed by atoms with Crippen LogP contribution < -0.4 is 19.6 Å². The van der Waals surface area contributed by atoms with Crippen LogP contribution >= 0.6 is 11.6 Å². The monoisotopic (exact) mass is 346 g/mol. The number of amides is 1. The highest BCUT2D eigenvalue weighted by atomic mass is 35.5. The van der Waals surface area contributed by atoms with E-state index in [1.165, 1.54) is 6.21 Å². The summed E-state index contributed by atoms with van der Waals surface area (Å²) in [4.78, 5) is 11.7. The lowest BCUT2D eigenvalue weighted by Crippen LogP contribution is -2.24. The Morgan fingerprint density at radius 2 is 2.25 bits per heavy atom. The largest absolute Gasteiger partial charge is 0.484 e. The van der Waals surface area contributed by atoms with E-state index in [9.17, 15) is 4.79 Å². The van der Waals surface area contributed by atoms with Gasteiger partial charge in [-0.05, 0) is 42.3 Å². The van der Waals surface area contributed by atoms with Crippen LogP contribution in [0, 0.1) is 6.92 Å². The van der Waals surface area contributed by atoms with Crippen molar-refractivity contribution in [1.82, 2.24) is 5.43 Å². The number of hydrazone groups is 1. The molecule has 1 aliphatic heterocycles. The van der Waals surface area contributed by atoms with Crippen molar-refractivity contribution in [2.24, 2.45) is 5.10 Å². The Labute approximate surface area is 144 Å². The zero-order chi connectivity index (χ0) is 16.9. The van der Waals surface area contributed by atoms with Crippen LogP contribution in [-0.2, 0) is 4.79 Å². The first-order valence-corrected chi connectivity index (χ1v) is 7.60. The molecule has 0 saturated heterocycles. The van der Waals surface area contributed by atoms with Gasteiger partial charge in [-0.15, -0.1) is 0 Å². The first-order chi connectivity index (χ1) is 11.6. The minimum atomic E-state index is -0.361. The van der Waals surface area contributed by atoms with Gasteiger partial charge in [-0.3, -0.25) is 4.79 Å². The number of fused-ring (bicyclic) bond motifs is 1. The van der Waals surface area contributed by atoms with Gasteiger partial charge in [-0.25, -0.2) is 5.43 Å². The summed E-state index contributed by atoms with van der Waals surface area (Å²) in [6.07, 6.45) is 1.47. The van der Waals surface area contributed by atoms with E-state index in [2.05, 4.69) is 10.5 Å². The Bertz CT molecular complexity index is 792. The maximum atomic E-state index is 11.7. The molecule has 1 heterocycles. The van der Waals surface area contributed by atoms with E-state index in [1.807, 2.05) is 25.1 Å². The van der Waals surface area contributed by atoms with Crippen molar-refractivity contribution in [3.05, 3.63) is 52.5 Å². The number of aryl methyl sites for hydroxylation is 1. The number of hydrogen-bond acceptors (Lipinski definition) is 5. The number of nitrogens with zero attached hydrogens (tertiary/aromatic N) is 1. The van der Waals surface area contributed by atoms with Gasteiger partial charge >= 0.3 is 0 Å². The number of carbonyl (C=O) groups is 1. The Morgan fingerprint density at radius 3 is 3.08 bits per heavy atom. The predicted molar refractivity (Wildman–Crippen MR) is 90.0 cm³/mol. The second-order valence-corrected chi connectivity index (χ2v) is 5.54. The molecule has 24 heavy (non-hydrogen) atoms. The van der Waals surface area contributed by atoms with E-state index in [4.69, 9.17) is 25.8 Å². The third-order valence-corrected chi connectivity index (χ3v) is 3.49. The Balaban J connectivity index is 1.53. The van der Waals surface area contributed by atoms with Crippen molar-refractivity contribution in [3.63, 3.8) is 0 Å². The molecule has 6 nitrogen and oxygen atoms in total. The normalized spacial score (nSPS) is 12.4. The molecule has 3 rings (SSSR count). The summed E-state index contributed by atoms with van der Waals surface area (Å²) in [6, 6.07) is 10.9. The number of rotatable bonds is 5. The summed E-state index contributed by atoms with van der Waals surface area (Å²) in [6.45, 7) is 1.97. The minimum Gasteiger partial charge on any atom is -0.484 e. The van der Waals surface area contributed by atoms with Crippen LogP contribution in [0.1, 0.15) is 11.1 Å². The molecule has 0 unspecified atom stereocenters. The van der Waals surface area contributed by atoms with E-state index in [1.54, 1.807) is 18.2 Å². The van der Waals surface area contributed by atoms with Gasteiger partial charge in [0.2, 0.25) is 6.79 Å². The number of nitrogens with one attached hydrogen (secondary N) is 1. The summed E-state index contributed by atoms with van der Waals surface area (Å²) in [7, 11) is 0. The minimum absolute atomic E-state index is 0.122. The molecule has 1 N–H and O–H groups in total. The van der Waals surface area contributed by atoms with Crippen molar-refractivity contribution < 1.29 is 19.0 Å². The topological polar surface area (TPSA) is 69.2 Å². The molecule has 0 aromatic heterocycles. The lowest BCUT2D eigenvalue weighted by molar-refractivity contribution is -0.123. The highest BCUT2D eigenvalue weighted by molar-refractivity contribution is 6.32. The van der Waals surface area contributed by atoms with Crippen molar-refractivity contribution in [2.75, 3.05) is 13.4 Å². The fourth-order valence-electron chi connectivity index (χ4n) is 2.13. The zero-order valence-electron chi connectivity index (χ0n) is 12.9. The number of benzene rings is 2. The van der Waals surface area contributed by atoms with Gasteiger partial charge in [0.1, 0.15) is 5.75 Å². The van der Waals surface area contributed by atoms with E-state index >= 15 is 0 Å². The van der Waals surface area contributed by atoms with E-state index < -0.39 is 0 Å². The average Bonchev–Trinajstić information content (AvgIpc) is 3.02. The molecule has 0 atom stereocenters. The number of hydrogen-bond donors (Lipinski definition) is 1. The van der Waals surface area contributed by atoms with Gasteiger partial charge in [0, 0.05) is 0 Å². The summed E-state index contributed by atoms with van der Waals surface area (Å²) < 4.78 is 15.9. The molecule has 1 amide bonds. The summed E-state index contributed by atoms with van der Waals surface area (Å²) in [5.41, 5.74) is 4.14. The van der Waals surface area contributed by atoms with Crippen LogP contribution in [0.4, 0.5) is 0 Å². The molecule has 2 aromatic rings. The van der Waals surface area contributed by atoms with Crippen LogP contribution in [0.5, 0.6) is 17.2 Å². The molecule has 2 aromatic carbocycles. The van der Waals surface area contributed by atoms with Crippen molar-refractivity contribution >= 4 is 23.7 Å². The maximum Gasteiger partial charge on any atom is 0.277 e. The van der Waals surface area contributed by atoms with Crippen LogP contribution in [0.15, 0.2) is 41.5 Å². The molecular weight excluding hydrogens is 332 g/mol. The molecule has 0 radical (unpaired) electrons. The molecule has 0 saturated carbocycles. The van der Waals surface area contributed by atoms with Gasteiger partial charge in [-0.2, -0.15) is 5.10 Å². The predicted octanol–water partition coefficient (Wildman–Crippen LogP) is 2.91. The molecule has 0 aliphatic carbocycles. The Kier molecular flexibility index (Phi) is 4.86. The lowest BCUT2D eigenvalue weighted by atomic mass is 10.2. The summed E-state index contributed by atoms with van der Waals surface area (Å²) >= 11 is 6.07. The van der Waals surface area contributed by atoms with Crippen LogP contribution in [0.25, 0.3) is 0 Å². The first-order valence-electron chi connectivity index (χ1n) is 7.22. The fourth-order valence-corrected chi connectivity index (χ4v) is 2.40. The molecule has 0 bridgehead atoms. The van der Waals surface area contributed by atoms with Gasteiger partial charge in [-0.1, -0.05) is 23.7 Å². The van der Waals surface area contributed by atoms with Crippen molar-refractivity contribution in [2.45, 2.75) is 6.92 Å². The SMILES string of the molecule is Cc1cccc(OCC(=O)N/N=C\c2cc(Cl)c3c(c2)OCO3)c1. The molecule has 124 valence electrons. The Hall–Kier alpha value is -2.73. The lowest BCUT2D eigenvalue weighted by Gasteiger charge is -2.05. The third kappa shape index (κ3) is 3.97. The van der Waals surface area contributed by atoms with E-state index in [0.717, 1.165) is 5.56 Å². The molecular formula is C17H15ClN2O4. The van der Waals surface area contributed by atoms with Gasteiger partial charge in [0.05, 0.1) is 11.2 Å². The molecule has 7 heteroatoms. The van der Waals surface area contributed by atoms with Gasteiger partial charge in [0.25, 0.3) is 5.91 Å². The van der Waals surface area contributed by atoms with Crippen LogP contribution in [-0.4, -0.2) is 25.5 Å². The van der Waals surface area contributed by atoms with Crippen molar-refractivity contribution in [3.8, 4) is 17.2 Å². The van der Waals surface area contributed by atoms with E-state index in [-0.39, 0.29) is 19.3 Å². The van der Waals surface area contributed by atoms with E-state index in [0.29, 0.717) is 27.8 Å². The molecule has 1 aliphatic rings. The second-order valence-electron chi connectivity index (χ2n) is 5.13. The number of ether oxygens (including phenoxy) is 3. The summed E-state index contributed by atoms with van der Waals surface area (Å²) in [5, 5.41) is 4.31.